The SMILES string of the molecule is CC(C)c1ccc(-n2nnnc2SCC(=O)NC2CCN(Cc3ccccc3)C2)cc1. The zero-order valence-electron chi connectivity index (χ0n) is 17.9. The highest BCUT2D eigenvalue weighted by molar-refractivity contribution is 7.99. The summed E-state index contributed by atoms with van der Waals surface area (Å²) in [5.41, 5.74) is 3.46. The van der Waals surface area contributed by atoms with E-state index in [1.807, 2.05) is 18.2 Å². The van der Waals surface area contributed by atoms with Crippen LogP contribution in [0.2, 0.25) is 0 Å². The lowest BCUT2D eigenvalue weighted by atomic mass is 10.0. The molecule has 0 saturated carbocycles. The molecule has 1 fully saturated rings. The number of benzene rings is 2. The lowest BCUT2D eigenvalue weighted by molar-refractivity contribution is -0.119. The van der Waals surface area contributed by atoms with Gasteiger partial charge in [-0.05, 0) is 46.0 Å². The molecule has 0 spiro atoms. The van der Waals surface area contributed by atoms with Crippen molar-refractivity contribution in [2.75, 3.05) is 18.8 Å². The monoisotopic (exact) mass is 436 g/mol. The molecule has 162 valence electrons. The van der Waals surface area contributed by atoms with Crippen molar-refractivity contribution in [1.82, 2.24) is 30.4 Å². The van der Waals surface area contributed by atoms with E-state index in [1.165, 1.54) is 22.9 Å². The quantitative estimate of drug-likeness (QED) is 0.546. The highest BCUT2D eigenvalue weighted by Gasteiger charge is 2.24. The van der Waals surface area contributed by atoms with Crippen molar-refractivity contribution in [2.45, 2.75) is 43.9 Å². The molecular formula is C23H28N6OS. The molecule has 1 aliphatic rings. The third-order valence-electron chi connectivity index (χ3n) is 5.46. The van der Waals surface area contributed by atoms with E-state index in [1.54, 1.807) is 4.68 Å². The van der Waals surface area contributed by atoms with Crippen molar-refractivity contribution < 1.29 is 4.79 Å². The highest BCUT2D eigenvalue weighted by atomic mass is 32.2. The number of carbonyl (C=O) groups is 1. The van der Waals surface area contributed by atoms with Gasteiger partial charge in [-0.1, -0.05) is 68.1 Å². The van der Waals surface area contributed by atoms with Crippen LogP contribution in [0.25, 0.3) is 5.69 Å². The van der Waals surface area contributed by atoms with Crippen molar-refractivity contribution in [3.8, 4) is 5.69 Å². The Labute approximate surface area is 187 Å². The Morgan fingerprint density at radius 1 is 1.16 bits per heavy atom. The lowest BCUT2D eigenvalue weighted by Crippen LogP contribution is -2.38. The van der Waals surface area contributed by atoms with Gasteiger partial charge in [0.2, 0.25) is 11.1 Å². The molecule has 1 aromatic heterocycles. The first-order valence-corrected chi connectivity index (χ1v) is 11.6. The fourth-order valence-corrected chi connectivity index (χ4v) is 4.47. The van der Waals surface area contributed by atoms with Gasteiger partial charge in [0.25, 0.3) is 0 Å². The van der Waals surface area contributed by atoms with E-state index in [9.17, 15) is 4.79 Å². The molecule has 0 radical (unpaired) electrons. The van der Waals surface area contributed by atoms with E-state index in [0.29, 0.717) is 16.8 Å². The number of hydrogen-bond donors (Lipinski definition) is 1. The fraction of sp³-hybridized carbons (Fsp3) is 0.391. The molecule has 8 heteroatoms. The highest BCUT2D eigenvalue weighted by Crippen LogP contribution is 2.21. The third kappa shape index (κ3) is 5.71. The molecule has 1 unspecified atom stereocenters. The Morgan fingerprint density at radius 3 is 2.68 bits per heavy atom. The summed E-state index contributed by atoms with van der Waals surface area (Å²) in [5, 5.41) is 15.7. The van der Waals surface area contributed by atoms with Crippen LogP contribution in [0, 0.1) is 0 Å². The minimum Gasteiger partial charge on any atom is -0.351 e. The first-order valence-electron chi connectivity index (χ1n) is 10.7. The first kappa shape index (κ1) is 21.5. The minimum atomic E-state index is 0.0151. The number of aromatic nitrogens is 4. The van der Waals surface area contributed by atoms with Crippen LogP contribution in [0.1, 0.15) is 37.3 Å². The average Bonchev–Trinajstić information content (AvgIpc) is 3.42. The predicted octanol–water partition coefficient (Wildman–Crippen LogP) is 3.27. The Balaban J connectivity index is 1.27. The molecule has 1 aliphatic heterocycles. The molecule has 1 saturated heterocycles. The first-order chi connectivity index (χ1) is 15.1. The van der Waals surface area contributed by atoms with Gasteiger partial charge in [-0.15, -0.1) is 5.10 Å². The summed E-state index contributed by atoms with van der Waals surface area (Å²) >= 11 is 1.36. The number of nitrogens with one attached hydrogen (secondary N) is 1. The molecule has 2 heterocycles. The van der Waals surface area contributed by atoms with Gasteiger partial charge < -0.3 is 5.32 Å². The lowest BCUT2D eigenvalue weighted by Gasteiger charge is -2.16. The van der Waals surface area contributed by atoms with Crippen LogP contribution < -0.4 is 5.32 Å². The molecule has 0 aliphatic carbocycles. The molecule has 0 bridgehead atoms. The minimum absolute atomic E-state index is 0.0151. The summed E-state index contributed by atoms with van der Waals surface area (Å²) in [5.74, 6) is 0.778. The Kier molecular flexibility index (Phi) is 6.99. The second-order valence-corrected chi connectivity index (χ2v) is 9.12. The molecule has 1 N–H and O–H groups in total. The van der Waals surface area contributed by atoms with Crippen LogP contribution >= 0.6 is 11.8 Å². The number of hydrogen-bond acceptors (Lipinski definition) is 6. The maximum atomic E-state index is 12.5. The smallest absolute Gasteiger partial charge is 0.230 e. The summed E-state index contributed by atoms with van der Waals surface area (Å²) in [7, 11) is 0. The van der Waals surface area contributed by atoms with Crippen molar-refractivity contribution >= 4 is 17.7 Å². The van der Waals surface area contributed by atoms with E-state index >= 15 is 0 Å². The molecule has 4 rings (SSSR count). The van der Waals surface area contributed by atoms with Crippen LogP contribution in [-0.2, 0) is 11.3 Å². The molecule has 3 aromatic rings. The summed E-state index contributed by atoms with van der Waals surface area (Å²) in [4.78, 5) is 14.9. The largest absolute Gasteiger partial charge is 0.351 e. The van der Waals surface area contributed by atoms with E-state index < -0.39 is 0 Å². The third-order valence-corrected chi connectivity index (χ3v) is 6.38. The predicted molar refractivity (Wildman–Crippen MR) is 122 cm³/mol. The molecule has 7 nitrogen and oxygen atoms in total. The van der Waals surface area contributed by atoms with Crippen LogP contribution in [0.4, 0.5) is 0 Å². The summed E-state index contributed by atoms with van der Waals surface area (Å²) in [6.07, 6.45) is 0.975. The molecule has 31 heavy (non-hydrogen) atoms. The van der Waals surface area contributed by atoms with Crippen molar-refractivity contribution in [3.63, 3.8) is 0 Å². The summed E-state index contributed by atoms with van der Waals surface area (Å²) in [6.45, 7) is 7.13. The number of tetrazole rings is 1. The summed E-state index contributed by atoms with van der Waals surface area (Å²) in [6, 6.07) is 18.8. The van der Waals surface area contributed by atoms with Gasteiger partial charge >= 0.3 is 0 Å². The van der Waals surface area contributed by atoms with Gasteiger partial charge in [-0.2, -0.15) is 4.68 Å². The topological polar surface area (TPSA) is 75.9 Å². The maximum absolute atomic E-state index is 12.5. The van der Waals surface area contributed by atoms with Crippen LogP contribution in [0.15, 0.2) is 59.8 Å². The number of nitrogens with zero attached hydrogens (tertiary/aromatic N) is 5. The number of thioether (sulfide) groups is 1. The molecular weight excluding hydrogens is 408 g/mol. The van der Waals surface area contributed by atoms with Gasteiger partial charge in [0.05, 0.1) is 11.4 Å². The van der Waals surface area contributed by atoms with Gasteiger partial charge in [0.1, 0.15) is 0 Å². The Morgan fingerprint density at radius 2 is 1.94 bits per heavy atom. The van der Waals surface area contributed by atoms with Crippen molar-refractivity contribution in [1.29, 1.82) is 0 Å². The molecule has 1 atom stereocenters. The number of amides is 1. The summed E-state index contributed by atoms with van der Waals surface area (Å²) < 4.78 is 1.68. The zero-order chi connectivity index (χ0) is 21.6. The van der Waals surface area contributed by atoms with Crippen LogP contribution in [0.3, 0.4) is 0 Å². The normalized spacial score (nSPS) is 16.7. The van der Waals surface area contributed by atoms with E-state index in [2.05, 4.69) is 76.0 Å². The zero-order valence-corrected chi connectivity index (χ0v) is 18.8. The number of rotatable bonds is 8. The van der Waals surface area contributed by atoms with E-state index in [0.717, 1.165) is 31.7 Å². The second-order valence-electron chi connectivity index (χ2n) is 8.18. The Hall–Kier alpha value is -2.71. The molecule has 1 amide bonds. The van der Waals surface area contributed by atoms with E-state index in [4.69, 9.17) is 0 Å². The number of carbonyl (C=O) groups excluding carboxylic acids is 1. The van der Waals surface area contributed by atoms with Gasteiger partial charge in [0.15, 0.2) is 0 Å². The van der Waals surface area contributed by atoms with Crippen LogP contribution in [0.5, 0.6) is 0 Å². The van der Waals surface area contributed by atoms with E-state index in [-0.39, 0.29) is 11.9 Å². The Bertz CT molecular complexity index is 989. The van der Waals surface area contributed by atoms with Gasteiger partial charge in [-0.25, -0.2) is 0 Å². The number of likely N-dealkylation sites (tertiary alicyclic amines) is 1. The molecule has 2 aromatic carbocycles. The maximum Gasteiger partial charge on any atom is 0.230 e. The van der Waals surface area contributed by atoms with Gasteiger partial charge in [0, 0.05) is 25.7 Å². The standard InChI is InChI=1S/C23H28N6OS/c1-17(2)19-8-10-21(11-9-19)29-23(25-26-27-29)31-16-22(30)24-20-12-13-28(15-20)14-18-6-4-3-5-7-18/h3-11,17,20H,12-16H2,1-2H3,(H,24,30). The fourth-order valence-electron chi connectivity index (χ4n) is 3.77. The van der Waals surface area contributed by atoms with Gasteiger partial charge in [-0.3, -0.25) is 9.69 Å². The van der Waals surface area contributed by atoms with Crippen molar-refractivity contribution in [2.24, 2.45) is 0 Å². The van der Waals surface area contributed by atoms with Crippen LogP contribution in [-0.4, -0.2) is 55.9 Å². The average molecular weight is 437 g/mol. The van der Waals surface area contributed by atoms with Crippen molar-refractivity contribution in [3.05, 3.63) is 65.7 Å². The second kappa shape index (κ2) is 10.1.